The van der Waals surface area contributed by atoms with Crippen molar-refractivity contribution in [2.75, 3.05) is 5.32 Å². The molecule has 26 heavy (non-hydrogen) atoms. The molecule has 2 atom stereocenters. The number of alkyl halides is 3. The molecule has 0 saturated heterocycles. The smallest absolute Gasteiger partial charge is 0.328 e. The molecular formula is C18H17F3N4O. The number of halogens is 3. The van der Waals surface area contributed by atoms with Gasteiger partial charge in [0.2, 0.25) is 5.95 Å². The normalized spacial score (nSPS) is 22.7. The molecule has 0 radical (unpaired) electrons. The SMILES string of the molecule is Cc1ccccc1C1C2=C(CC(C)CC2=O)Nc2nc(C(F)(F)F)nn21. The van der Waals surface area contributed by atoms with Gasteiger partial charge < -0.3 is 5.32 Å². The number of nitrogens with zero attached hydrogens (tertiary/aromatic N) is 3. The molecule has 1 aliphatic carbocycles. The third-order valence-electron chi connectivity index (χ3n) is 4.86. The Morgan fingerprint density at radius 3 is 2.65 bits per heavy atom. The number of allylic oxidation sites excluding steroid dienone is 2. The second kappa shape index (κ2) is 5.69. The third-order valence-corrected chi connectivity index (χ3v) is 4.86. The van der Waals surface area contributed by atoms with Crippen LogP contribution in [-0.4, -0.2) is 20.5 Å². The van der Waals surface area contributed by atoms with Gasteiger partial charge in [-0.2, -0.15) is 18.2 Å². The lowest BCUT2D eigenvalue weighted by Gasteiger charge is -2.34. The van der Waals surface area contributed by atoms with Gasteiger partial charge in [0.15, 0.2) is 5.78 Å². The van der Waals surface area contributed by atoms with Crippen LogP contribution in [0.15, 0.2) is 35.5 Å². The predicted octanol–water partition coefficient (Wildman–Crippen LogP) is 3.87. The van der Waals surface area contributed by atoms with Crippen molar-refractivity contribution in [3.63, 3.8) is 0 Å². The number of hydrogen-bond donors (Lipinski definition) is 1. The molecule has 1 N–H and O–H groups in total. The highest BCUT2D eigenvalue weighted by Gasteiger charge is 2.43. The van der Waals surface area contributed by atoms with E-state index in [1.54, 1.807) is 0 Å². The highest BCUT2D eigenvalue weighted by molar-refractivity contribution is 5.99. The summed E-state index contributed by atoms with van der Waals surface area (Å²) in [4.78, 5) is 16.4. The maximum Gasteiger partial charge on any atom is 0.453 e. The number of Topliss-reactive ketones (excluding diaryl/α,β-unsaturated/α-hetero) is 1. The number of rotatable bonds is 1. The number of nitrogens with one attached hydrogen (secondary N) is 1. The molecule has 2 aliphatic rings. The number of anilines is 1. The van der Waals surface area contributed by atoms with Crippen LogP contribution in [0.2, 0.25) is 0 Å². The number of carbonyl (C=O) groups is 1. The summed E-state index contributed by atoms with van der Waals surface area (Å²) >= 11 is 0. The number of aromatic nitrogens is 3. The number of benzene rings is 1. The van der Waals surface area contributed by atoms with E-state index in [2.05, 4.69) is 15.4 Å². The molecule has 1 aromatic carbocycles. The summed E-state index contributed by atoms with van der Waals surface area (Å²) in [5, 5.41) is 6.62. The molecule has 8 heteroatoms. The van der Waals surface area contributed by atoms with Gasteiger partial charge >= 0.3 is 6.18 Å². The van der Waals surface area contributed by atoms with E-state index in [1.165, 1.54) is 4.68 Å². The first kappa shape index (κ1) is 16.8. The van der Waals surface area contributed by atoms with Crippen molar-refractivity contribution in [1.82, 2.24) is 14.8 Å². The van der Waals surface area contributed by atoms with Gasteiger partial charge in [-0.3, -0.25) is 4.79 Å². The quantitative estimate of drug-likeness (QED) is 0.837. The van der Waals surface area contributed by atoms with Gasteiger partial charge in [0, 0.05) is 17.7 Å². The van der Waals surface area contributed by atoms with Crippen LogP contribution in [0.25, 0.3) is 0 Å². The van der Waals surface area contributed by atoms with E-state index in [9.17, 15) is 18.0 Å². The van der Waals surface area contributed by atoms with Gasteiger partial charge in [0.25, 0.3) is 5.82 Å². The van der Waals surface area contributed by atoms with E-state index < -0.39 is 18.0 Å². The van der Waals surface area contributed by atoms with Crippen LogP contribution in [0.1, 0.15) is 42.8 Å². The Morgan fingerprint density at radius 1 is 1.23 bits per heavy atom. The summed E-state index contributed by atoms with van der Waals surface area (Å²) < 4.78 is 40.6. The highest BCUT2D eigenvalue weighted by atomic mass is 19.4. The van der Waals surface area contributed by atoms with Crippen LogP contribution < -0.4 is 5.32 Å². The van der Waals surface area contributed by atoms with Crippen molar-refractivity contribution in [2.24, 2.45) is 5.92 Å². The second-order valence-electron chi connectivity index (χ2n) is 6.91. The monoisotopic (exact) mass is 362 g/mol. The van der Waals surface area contributed by atoms with Gasteiger partial charge in [-0.25, -0.2) is 4.68 Å². The summed E-state index contributed by atoms with van der Waals surface area (Å²) in [6.07, 6.45) is -3.68. The average molecular weight is 362 g/mol. The van der Waals surface area contributed by atoms with E-state index in [0.29, 0.717) is 24.1 Å². The van der Waals surface area contributed by atoms with Crippen molar-refractivity contribution in [3.8, 4) is 0 Å². The standard InChI is InChI=1S/C18H17F3N4O/c1-9-7-12-14(13(26)8-9)15(11-6-4-3-5-10(11)2)25-17(22-12)23-16(24-25)18(19,20)21/h3-6,9,15H,7-8H2,1-2H3,(H,22,23,24). The van der Waals surface area contributed by atoms with Crippen molar-refractivity contribution in [1.29, 1.82) is 0 Å². The summed E-state index contributed by atoms with van der Waals surface area (Å²) in [5.74, 6) is -1.12. The van der Waals surface area contributed by atoms with E-state index in [0.717, 1.165) is 11.1 Å². The fourth-order valence-electron chi connectivity index (χ4n) is 3.71. The molecule has 5 nitrogen and oxygen atoms in total. The van der Waals surface area contributed by atoms with E-state index in [4.69, 9.17) is 0 Å². The fourth-order valence-corrected chi connectivity index (χ4v) is 3.71. The maximum absolute atomic E-state index is 13.1. The molecule has 4 rings (SSSR count). The molecule has 0 spiro atoms. The zero-order valence-corrected chi connectivity index (χ0v) is 14.3. The van der Waals surface area contributed by atoms with E-state index >= 15 is 0 Å². The number of ketones is 1. The Labute approximate surface area is 147 Å². The molecule has 0 amide bonds. The van der Waals surface area contributed by atoms with Gasteiger partial charge in [0.05, 0.1) is 0 Å². The largest absolute Gasteiger partial charge is 0.453 e. The predicted molar refractivity (Wildman–Crippen MR) is 88.4 cm³/mol. The Hall–Kier alpha value is -2.64. The van der Waals surface area contributed by atoms with Crippen molar-refractivity contribution >= 4 is 11.7 Å². The lowest BCUT2D eigenvalue weighted by atomic mass is 9.80. The van der Waals surface area contributed by atoms with Crippen LogP contribution in [0.5, 0.6) is 0 Å². The van der Waals surface area contributed by atoms with Crippen LogP contribution in [-0.2, 0) is 11.0 Å². The first-order valence-corrected chi connectivity index (χ1v) is 8.38. The topological polar surface area (TPSA) is 59.8 Å². The fraction of sp³-hybridized carbons (Fsp3) is 0.389. The molecule has 1 aromatic heterocycles. The maximum atomic E-state index is 13.1. The van der Waals surface area contributed by atoms with E-state index in [-0.39, 0.29) is 17.6 Å². The molecule has 136 valence electrons. The number of fused-ring (bicyclic) bond motifs is 1. The third kappa shape index (κ3) is 2.60. The van der Waals surface area contributed by atoms with Gasteiger partial charge in [-0.1, -0.05) is 31.2 Å². The second-order valence-corrected chi connectivity index (χ2v) is 6.91. The van der Waals surface area contributed by atoms with Crippen LogP contribution >= 0.6 is 0 Å². The molecule has 2 unspecified atom stereocenters. The van der Waals surface area contributed by atoms with Crippen molar-refractivity contribution < 1.29 is 18.0 Å². The molecule has 0 fully saturated rings. The number of aryl methyl sites for hydroxylation is 1. The Morgan fingerprint density at radius 2 is 1.96 bits per heavy atom. The molecule has 0 saturated carbocycles. The van der Waals surface area contributed by atoms with Gasteiger partial charge in [-0.05, 0) is 30.4 Å². The molecular weight excluding hydrogens is 345 g/mol. The van der Waals surface area contributed by atoms with Crippen LogP contribution in [0, 0.1) is 12.8 Å². The lowest BCUT2D eigenvalue weighted by molar-refractivity contribution is -0.145. The highest BCUT2D eigenvalue weighted by Crippen LogP contribution is 2.43. The number of carbonyl (C=O) groups excluding carboxylic acids is 1. The van der Waals surface area contributed by atoms with Crippen LogP contribution in [0.3, 0.4) is 0 Å². The zero-order valence-electron chi connectivity index (χ0n) is 14.3. The zero-order chi connectivity index (χ0) is 18.6. The first-order chi connectivity index (χ1) is 12.3. The Balaban J connectivity index is 1.94. The number of hydrogen-bond acceptors (Lipinski definition) is 4. The first-order valence-electron chi connectivity index (χ1n) is 8.38. The lowest BCUT2D eigenvalue weighted by Crippen LogP contribution is -2.33. The Bertz CT molecular complexity index is 929. The van der Waals surface area contributed by atoms with Gasteiger partial charge in [0.1, 0.15) is 6.04 Å². The van der Waals surface area contributed by atoms with Crippen molar-refractivity contribution in [3.05, 3.63) is 52.5 Å². The molecule has 1 aliphatic heterocycles. The minimum Gasteiger partial charge on any atom is -0.328 e. The minimum absolute atomic E-state index is 0.0197. The molecule has 2 heterocycles. The summed E-state index contributed by atoms with van der Waals surface area (Å²) in [7, 11) is 0. The van der Waals surface area contributed by atoms with E-state index in [1.807, 2.05) is 38.1 Å². The van der Waals surface area contributed by atoms with Crippen molar-refractivity contribution in [2.45, 2.75) is 38.9 Å². The summed E-state index contributed by atoms with van der Waals surface area (Å²) in [6, 6.07) is 6.64. The average Bonchev–Trinajstić information content (AvgIpc) is 2.97. The van der Waals surface area contributed by atoms with Crippen LogP contribution in [0.4, 0.5) is 19.1 Å². The minimum atomic E-state index is -4.65. The summed E-state index contributed by atoms with van der Waals surface area (Å²) in [6.45, 7) is 3.82. The summed E-state index contributed by atoms with van der Waals surface area (Å²) in [5.41, 5.74) is 2.77. The van der Waals surface area contributed by atoms with Gasteiger partial charge in [-0.15, -0.1) is 5.10 Å². The molecule has 2 aromatic rings. The Kier molecular flexibility index (Phi) is 3.68. The molecule has 0 bridgehead atoms.